The molecule has 0 saturated carbocycles. The Labute approximate surface area is 217 Å². The van der Waals surface area contributed by atoms with Crippen LogP contribution in [0.4, 0.5) is 0 Å². The van der Waals surface area contributed by atoms with E-state index in [9.17, 15) is 24.6 Å². The maximum atomic E-state index is 13.4. The van der Waals surface area contributed by atoms with Gasteiger partial charge in [-0.3, -0.25) is 30.3 Å². The van der Waals surface area contributed by atoms with E-state index in [0.29, 0.717) is 12.4 Å². The van der Waals surface area contributed by atoms with E-state index >= 15 is 0 Å². The van der Waals surface area contributed by atoms with Crippen LogP contribution >= 0.6 is 0 Å². The first-order chi connectivity index (χ1) is 17.9. The Hall–Kier alpha value is -3.91. The minimum atomic E-state index is -2.62. The summed E-state index contributed by atoms with van der Waals surface area (Å²) in [5.41, 5.74) is 11.5. The molecule has 38 heavy (non-hydrogen) atoms. The van der Waals surface area contributed by atoms with Crippen molar-refractivity contribution in [2.45, 2.75) is 61.7 Å². The molecule has 0 radical (unpaired) electrons. The van der Waals surface area contributed by atoms with Crippen molar-refractivity contribution < 1.29 is 33.9 Å². The molecule has 14 nitrogen and oxygen atoms in total. The van der Waals surface area contributed by atoms with Crippen molar-refractivity contribution in [1.82, 2.24) is 20.9 Å². The first kappa shape index (κ1) is 24.4. The molecule has 1 aromatic carbocycles. The quantitative estimate of drug-likeness (QED) is 0.117. The lowest BCUT2D eigenvalue weighted by Crippen LogP contribution is -2.79. The second kappa shape index (κ2) is 7.80. The van der Waals surface area contributed by atoms with Gasteiger partial charge >= 0.3 is 5.96 Å². The van der Waals surface area contributed by atoms with Crippen LogP contribution in [0.15, 0.2) is 23.2 Å². The molecule has 6 rings (SSSR count). The van der Waals surface area contributed by atoms with E-state index in [1.807, 2.05) is 19.9 Å². The Morgan fingerprint density at radius 2 is 1.97 bits per heavy atom. The van der Waals surface area contributed by atoms with Gasteiger partial charge in [-0.1, -0.05) is 26.0 Å². The molecule has 0 bridgehead atoms. The number of hydrogen-bond donors (Lipinski definition) is 7. The number of carbonyl (C=O) groups is 3. The van der Waals surface area contributed by atoms with Gasteiger partial charge in [-0.2, -0.15) is 0 Å². The number of guanidine groups is 2. The Balaban J connectivity index is 1.32. The number of likely N-dealkylation sites (tertiary alicyclic amines) is 1. The summed E-state index contributed by atoms with van der Waals surface area (Å²) in [6.45, 7) is 4.26. The summed E-state index contributed by atoms with van der Waals surface area (Å²) < 4.78 is 7.30. The summed E-state index contributed by atoms with van der Waals surface area (Å²) in [6, 6.07) is 2.30. The molecule has 202 valence electrons. The number of nitrogens with two attached hydrogens (primary N) is 2. The van der Waals surface area contributed by atoms with Crippen molar-refractivity contribution in [3.8, 4) is 5.75 Å². The van der Waals surface area contributed by atoms with Crippen LogP contribution < -0.4 is 32.2 Å². The van der Waals surface area contributed by atoms with Gasteiger partial charge < -0.3 is 31.3 Å². The summed E-state index contributed by atoms with van der Waals surface area (Å²) in [7, 11) is 0. The molecule has 5 aliphatic heterocycles. The first-order valence-electron chi connectivity index (χ1n) is 12.5. The predicted octanol–water partition coefficient (Wildman–Crippen LogP) is -3.42. The molecule has 4 atom stereocenters. The lowest BCUT2D eigenvalue weighted by atomic mass is 9.84. The maximum Gasteiger partial charge on any atom is 0.346 e. The Bertz CT molecular complexity index is 1320. The second-order valence-electron chi connectivity index (χ2n) is 11.1. The van der Waals surface area contributed by atoms with Gasteiger partial charge in [-0.15, -0.1) is 0 Å². The average molecular weight is 528 g/mol. The van der Waals surface area contributed by atoms with Crippen LogP contribution in [-0.4, -0.2) is 98.6 Å². The molecule has 5 aliphatic rings. The molecule has 1 spiro atoms. The smallest absolute Gasteiger partial charge is 0.346 e. The highest BCUT2D eigenvalue weighted by Crippen LogP contribution is 2.43. The van der Waals surface area contributed by atoms with E-state index in [1.165, 1.54) is 4.58 Å². The molecule has 5 heterocycles. The molecule has 1 unspecified atom stereocenters. The summed E-state index contributed by atoms with van der Waals surface area (Å²) in [5.74, 6) is -3.39. The highest BCUT2D eigenvalue weighted by Gasteiger charge is 2.75. The molecular weight excluding hydrogens is 496 g/mol. The molecule has 9 N–H and O–H groups in total. The number of carbonyl (C=O) groups excluding carboxylic acids is 3. The van der Waals surface area contributed by atoms with Crippen LogP contribution in [-0.2, 0) is 15.0 Å². The SMILES string of the molecule is CC1(C)COc2c(C(=O)NC3C[N+]4=C(N)N[C@@H](CN5C(=O)CCC5=O)[C@@H]5N=C(N)N[C@@]54C3(O)O)cccc21. The van der Waals surface area contributed by atoms with Gasteiger partial charge in [0.15, 0.2) is 5.96 Å². The molecule has 1 aromatic rings. The topological polar surface area (TPSA) is 208 Å². The zero-order valence-electron chi connectivity index (χ0n) is 21.0. The van der Waals surface area contributed by atoms with E-state index < -0.39 is 35.5 Å². The number of benzene rings is 1. The number of ether oxygens (including phenoxy) is 1. The Kier molecular flexibility index (Phi) is 5.01. The number of hydrogen-bond acceptors (Lipinski definition) is 11. The van der Waals surface area contributed by atoms with Crippen molar-refractivity contribution in [2.24, 2.45) is 16.5 Å². The van der Waals surface area contributed by atoms with Crippen LogP contribution in [0.1, 0.15) is 42.6 Å². The van der Waals surface area contributed by atoms with Crippen molar-refractivity contribution in [1.29, 1.82) is 0 Å². The van der Waals surface area contributed by atoms with Gasteiger partial charge in [0.05, 0.1) is 25.3 Å². The van der Waals surface area contributed by atoms with E-state index in [1.54, 1.807) is 12.1 Å². The molecule has 0 aromatic heterocycles. The standard InChI is InChI=1S/C24H30N8O6/c1-22(2)10-38-17-11(4-3-5-12(17)22)19(35)28-14-9-32-21(26)27-13(8-31-15(33)6-7-16(31)34)18-23(32,24(14,36)37)30-20(25)29-18/h3-5,13-14,18,36-37H,6-10H2,1-2H3,(H6,25,26,27,28,29,30,35)/p+1/t13-,14?,18-,23-/m0/s1. The first-order valence-corrected chi connectivity index (χ1v) is 12.5. The Morgan fingerprint density at radius 1 is 1.26 bits per heavy atom. The largest absolute Gasteiger partial charge is 0.492 e. The van der Waals surface area contributed by atoms with Gasteiger partial charge in [-0.25, -0.2) is 9.57 Å². The van der Waals surface area contributed by atoms with Gasteiger partial charge in [-0.05, 0) is 6.07 Å². The van der Waals surface area contributed by atoms with Crippen molar-refractivity contribution in [3.05, 3.63) is 29.3 Å². The van der Waals surface area contributed by atoms with Crippen molar-refractivity contribution >= 4 is 29.6 Å². The van der Waals surface area contributed by atoms with Crippen LogP contribution in [0.2, 0.25) is 0 Å². The third-order valence-electron chi connectivity index (χ3n) is 8.27. The number of amides is 3. The molecule has 3 amide bonds. The third kappa shape index (κ3) is 3.16. The van der Waals surface area contributed by atoms with E-state index in [0.717, 1.165) is 10.5 Å². The number of rotatable bonds is 4. The second-order valence-corrected chi connectivity index (χ2v) is 11.1. The van der Waals surface area contributed by atoms with Gasteiger partial charge in [0.25, 0.3) is 5.91 Å². The maximum absolute atomic E-state index is 13.4. The number of aliphatic hydroxyl groups is 2. The molecule has 2 saturated heterocycles. The molecule has 0 aliphatic carbocycles. The molecule has 2 fully saturated rings. The molecular formula is C24H31N8O6+. The van der Waals surface area contributed by atoms with Crippen molar-refractivity contribution in [2.75, 3.05) is 19.7 Å². The number of para-hydroxylation sites is 1. The van der Waals surface area contributed by atoms with E-state index in [2.05, 4.69) is 20.9 Å². The van der Waals surface area contributed by atoms with E-state index in [-0.39, 0.29) is 60.6 Å². The average Bonchev–Trinajstić information content (AvgIpc) is 3.54. The van der Waals surface area contributed by atoms with Gasteiger partial charge in [0.1, 0.15) is 23.9 Å². The van der Waals surface area contributed by atoms with Crippen LogP contribution in [0.25, 0.3) is 0 Å². The molecule has 14 heteroatoms. The highest BCUT2D eigenvalue weighted by atomic mass is 16.5. The van der Waals surface area contributed by atoms with Crippen LogP contribution in [0.3, 0.4) is 0 Å². The number of nitrogens with zero attached hydrogens (tertiary/aromatic N) is 3. The minimum Gasteiger partial charge on any atom is -0.492 e. The minimum absolute atomic E-state index is 0.0534. The predicted molar refractivity (Wildman–Crippen MR) is 132 cm³/mol. The normalized spacial score (nSPS) is 32.2. The lowest BCUT2D eigenvalue weighted by Gasteiger charge is -2.44. The number of aliphatic imine (C=N–C) groups is 1. The Morgan fingerprint density at radius 3 is 2.68 bits per heavy atom. The monoisotopic (exact) mass is 527 g/mol. The summed E-state index contributed by atoms with van der Waals surface area (Å²) in [4.78, 5) is 43.5. The fourth-order valence-corrected chi connectivity index (χ4v) is 6.30. The number of nitrogens with one attached hydrogen (secondary N) is 3. The number of imide groups is 1. The van der Waals surface area contributed by atoms with Crippen molar-refractivity contribution in [3.63, 3.8) is 0 Å². The van der Waals surface area contributed by atoms with E-state index in [4.69, 9.17) is 16.2 Å². The third-order valence-corrected chi connectivity index (χ3v) is 8.27. The lowest BCUT2D eigenvalue weighted by molar-refractivity contribution is -0.623. The highest BCUT2D eigenvalue weighted by molar-refractivity contribution is 6.02. The summed E-state index contributed by atoms with van der Waals surface area (Å²) >= 11 is 0. The van der Waals surface area contributed by atoms with Gasteiger partial charge in [0, 0.05) is 23.8 Å². The number of fused-ring (bicyclic) bond motifs is 1. The van der Waals surface area contributed by atoms with Gasteiger partial charge in [0.2, 0.25) is 23.3 Å². The fraction of sp³-hybridized carbons (Fsp3) is 0.542. The zero-order chi connectivity index (χ0) is 27.2. The van der Waals surface area contributed by atoms with Crippen LogP contribution in [0, 0.1) is 0 Å². The fourth-order valence-electron chi connectivity index (χ4n) is 6.30. The zero-order valence-corrected chi connectivity index (χ0v) is 21.0. The summed E-state index contributed by atoms with van der Waals surface area (Å²) in [6.07, 6.45) is 0.219. The van der Waals surface area contributed by atoms with Crippen LogP contribution in [0.5, 0.6) is 5.75 Å². The summed E-state index contributed by atoms with van der Waals surface area (Å²) in [5, 5.41) is 31.9.